The van der Waals surface area contributed by atoms with E-state index in [9.17, 15) is 19.3 Å². The van der Waals surface area contributed by atoms with Gasteiger partial charge in [0.1, 0.15) is 0 Å². The number of carbonyl (C=O) groups is 1. The molecule has 1 atom stereocenters. The van der Waals surface area contributed by atoms with Gasteiger partial charge in [0.05, 0.1) is 4.92 Å². The number of hydrogen-bond acceptors (Lipinski definition) is 3. The highest BCUT2D eigenvalue weighted by atomic mass is 19.1. The zero-order valence-electron chi connectivity index (χ0n) is 10.6. The summed E-state index contributed by atoms with van der Waals surface area (Å²) in [6.07, 6.45) is 2.76. The first kappa shape index (κ1) is 13.5. The standard InChI is InChI=1S/C13H15FN2O3/c1-2-10-4-3-7-15(10)13(17)9-5-6-12(16(18)19)11(14)8-9/h5-6,8,10H,2-4,7H2,1H3. The minimum absolute atomic E-state index is 0.170. The lowest BCUT2D eigenvalue weighted by molar-refractivity contribution is -0.387. The zero-order chi connectivity index (χ0) is 14.0. The fraction of sp³-hybridized carbons (Fsp3) is 0.462. The molecular weight excluding hydrogens is 251 g/mol. The number of nitrogens with zero attached hydrogens (tertiary/aromatic N) is 2. The van der Waals surface area contributed by atoms with Crippen molar-refractivity contribution < 1.29 is 14.1 Å². The third kappa shape index (κ3) is 2.57. The maximum Gasteiger partial charge on any atom is 0.304 e. The molecule has 1 aliphatic rings. The highest BCUT2D eigenvalue weighted by molar-refractivity contribution is 5.94. The lowest BCUT2D eigenvalue weighted by Crippen LogP contribution is -2.35. The highest BCUT2D eigenvalue weighted by Gasteiger charge is 2.29. The summed E-state index contributed by atoms with van der Waals surface area (Å²) in [6.45, 7) is 2.67. The van der Waals surface area contributed by atoms with Crippen molar-refractivity contribution in [3.63, 3.8) is 0 Å². The van der Waals surface area contributed by atoms with Crippen LogP contribution in [0.4, 0.5) is 10.1 Å². The number of nitro benzene ring substituents is 1. The van der Waals surface area contributed by atoms with Crippen LogP contribution < -0.4 is 0 Å². The third-order valence-electron chi connectivity index (χ3n) is 3.50. The molecule has 1 amide bonds. The van der Waals surface area contributed by atoms with E-state index in [1.165, 1.54) is 6.07 Å². The quantitative estimate of drug-likeness (QED) is 0.624. The van der Waals surface area contributed by atoms with Gasteiger partial charge in [-0.1, -0.05) is 6.92 Å². The second-order valence-corrected chi connectivity index (χ2v) is 4.63. The molecule has 0 aromatic heterocycles. The molecule has 19 heavy (non-hydrogen) atoms. The van der Waals surface area contributed by atoms with Gasteiger partial charge in [-0.3, -0.25) is 14.9 Å². The van der Waals surface area contributed by atoms with Crippen molar-refractivity contribution >= 4 is 11.6 Å². The minimum atomic E-state index is -0.969. The molecule has 1 fully saturated rings. The van der Waals surface area contributed by atoms with Gasteiger partial charge in [0.25, 0.3) is 5.91 Å². The molecule has 0 saturated carbocycles. The second kappa shape index (κ2) is 5.34. The lowest BCUT2D eigenvalue weighted by atomic mass is 10.1. The first-order chi connectivity index (χ1) is 9.04. The van der Waals surface area contributed by atoms with E-state index in [0.717, 1.165) is 31.4 Å². The molecule has 1 saturated heterocycles. The van der Waals surface area contributed by atoms with Gasteiger partial charge in [-0.2, -0.15) is 4.39 Å². The van der Waals surface area contributed by atoms with E-state index in [0.29, 0.717) is 6.54 Å². The molecule has 1 aromatic rings. The molecule has 1 heterocycles. The van der Waals surface area contributed by atoms with Crippen LogP contribution in [0.15, 0.2) is 18.2 Å². The average molecular weight is 266 g/mol. The van der Waals surface area contributed by atoms with Gasteiger partial charge in [-0.05, 0) is 31.4 Å². The smallest absolute Gasteiger partial charge is 0.304 e. The van der Waals surface area contributed by atoms with Crippen LogP contribution in [0.3, 0.4) is 0 Å². The summed E-state index contributed by atoms with van der Waals surface area (Å²) >= 11 is 0. The minimum Gasteiger partial charge on any atom is -0.336 e. The van der Waals surface area contributed by atoms with Crippen molar-refractivity contribution in [3.8, 4) is 0 Å². The Morgan fingerprint density at radius 1 is 1.58 bits per heavy atom. The predicted octanol–water partition coefficient (Wildman–Crippen LogP) is 2.75. The number of hydrogen-bond donors (Lipinski definition) is 0. The molecule has 1 unspecified atom stereocenters. The maximum absolute atomic E-state index is 13.5. The van der Waals surface area contributed by atoms with Gasteiger partial charge < -0.3 is 4.90 Å². The number of halogens is 1. The summed E-state index contributed by atoms with van der Waals surface area (Å²) in [5.74, 6) is -1.22. The highest BCUT2D eigenvalue weighted by Crippen LogP contribution is 2.24. The fourth-order valence-corrected chi connectivity index (χ4v) is 2.48. The van der Waals surface area contributed by atoms with E-state index >= 15 is 0 Å². The van der Waals surface area contributed by atoms with Gasteiger partial charge in [0.2, 0.25) is 5.82 Å². The predicted molar refractivity (Wildman–Crippen MR) is 67.4 cm³/mol. The molecule has 102 valence electrons. The number of likely N-dealkylation sites (tertiary alicyclic amines) is 1. The molecule has 5 nitrogen and oxygen atoms in total. The number of rotatable bonds is 3. The Bertz CT molecular complexity index is 519. The number of nitro groups is 1. The number of benzene rings is 1. The SMILES string of the molecule is CCC1CCCN1C(=O)c1ccc([N+](=O)[O-])c(F)c1. The first-order valence-corrected chi connectivity index (χ1v) is 6.29. The van der Waals surface area contributed by atoms with Crippen molar-refractivity contribution in [2.45, 2.75) is 32.2 Å². The van der Waals surface area contributed by atoms with Crippen LogP contribution in [0.2, 0.25) is 0 Å². The van der Waals surface area contributed by atoms with Gasteiger partial charge >= 0.3 is 5.69 Å². The van der Waals surface area contributed by atoms with Crippen LogP contribution >= 0.6 is 0 Å². The monoisotopic (exact) mass is 266 g/mol. The van der Waals surface area contributed by atoms with Crippen LogP contribution in [0.1, 0.15) is 36.5 Å². The Morgan fingerprint density at radius 3 is 2.89 bits per heavy atom. The molecule has 0 bridgehead atoms. The van der Waals surface area contributed by atoms with Crippen LogP contribution in [-0.4, -0.2) is 28.3 Å². The van der Waals surface area contributed by atoms with Crippen molar-refractivity contribution in [3.05, 3.63) is 39.7 Å². The molecule has 2 rings (SSSR count). The van der Waals surface area contributed by atoms with Crippen LogP contribution in [0.25, 0.3) is 0 Å². The molecule has 1 aromatic carbocycles. The van der Waals surface area contributed by atoms with Crippen molar-refractivity contribution in [2.24, 2.45) is 0 Å². The topological polar surface area (TPSA) is 63.5 Å². The lowest BCUT2D eigenvalue weighted by Gasteiger charge is -2.23. The zero-order valence-corrected chi connectivity index (χ0v) is 10.6. The van der Waals surface area contributed by atoms with Crippen molar-refractivity contribution in [1.82, 2.24) is 4.90 Å². The largest absolute Gasteiger partial charge is 0.336 e. The Labute approximate surface area is 110 Å². The van der Waals surface area contributed by atoms with E-state index in [1.54, 1.807) is 4.90 Å². The van der Waals surface area contributed by atoms with Gasteiger partial charge in [0, 0.05) is 24.2 Å². The summed E-state index contributed by atoms with van der Waals surface area (Å²) in [5.41, 5.74) is -0.437. The second-order valence-electron chi connectivity index (χ2n) is 4.63. The molecule has 0 N–H and O–H groups in total. The number of amides is 1. The van der Waals surface area contributed by atoms with Gasteiger partial charge in [0.15, 0.2) is 0 Å². The number of carbonyl (C=O) groups excluding carboxylic acids is 1. The van der Waals surface area contributed by atoms with Gasteiger partial charge in [-0.15, -0.1) is 0 Å². The fourth-order valence-electron chi connectivity index (χ4n) is 2.48. The molecular formula is C13H15FN2O3. The molecule has 0 aliphatic carbocycles. The maximum atomic E-state index is 13.5. The average Bonchev–Trinajstić information content (AvgIpc) is 2.85. The Morgan fingerprint density at radius 2 is 2.32 bits per heavy atom. The third-order valence-corrected chi connectivity index (χ3v) is 3.50. The Balaban J connectivity index is 2.25. The summed E-state index contributed by atoms with van der Waals surface area (Å²) in [7, 11) is 0. The summed E-state index contributed by atoms with van der Waals surface area (Å²) in [5, 5.41) is 10.5. The van der Waals surface area contributed by atoms with E-state index in [2.05, 4.69) is 0 Å². The van der Waals surface area contributed by atoms with Crippen molar-refractivity contribution in [2.75, 3.05) is 6.54 Å². The molecule has 0 spiro atoms. The summed E-state index contributed by atoms with van der Waals surface area (Å²) in [6, 6.07) is 3.49. The normalized spacial score (nSPS) is 18.6. The van der Waals surface area contributed by atoms with Crippen LogP contribution in [0.5, 0.6) is 0 Å². The van der Waals surface area contributed by atoms with E-state index in [-0.39, 0.29) is 17.5 Å². The van der Waals surface area contributed by atoms with Gasteiger partial charge in [-0.25, -0.2) is 0 Å². The van der Waals surface area contributed by atoms with Crippen molar-refractivity contribution in [1.29, 1.82) is 0 Å². The van der Waals surface area contributed by atoms with E-state index < -0.39 is 16.4 Å². The summed E-state index contributed by atoms with van der Waals surface area (Å²) in [4.78, 5) is 23.7. The Hall–Kier alpha value is -1.98. The van der Waals surface area contributed by atoms with Crippen LogP contribution in [0, 0.1) is 15.9 Å². The molecule has 0 radical (unpaired) electrons. The van der Waals surface area contributed by atoms with E-state index in [4.69, 9.17) is 0 Å². The van der Waals surface area contributed by atoms with E-state index in [1.807, 2.05) is 6.92 Å². The van der Waals surface area contributed by atoms with Crippen LogP contribution in [-0.2, 0) is 0 Å². The first-order valence-electron chi connectivity index (χ1n) is 6.29. The molecule has 1 aliphatic heterocycles. The summed E-state index contributed by atoms with van der Waals surface area (Å²) < 4.78 is 13.5. The Kier molecular flexibility index (Phi) is 3.78. The molecule has 6 heteroatoms.